The standard InChI is InChI=1S/C20H33FN4O2/c1-5-16(27-18-9-7-6-8-17(18)21)14-23-19(22-2)24-15-20(25(3)4)10-12-26-13-11-20/h6-9,16H,5,10-15H2,1-4H3,(H2,22,23,24). The number of guanidine groups is 1. The number of hydrogen-bond acceptors (Lipinski definition) is 4. The van der Waals surface area contributed by atoms with Gasteiger partial charge in [-0.15, -0.1) is 0 Å². The fourth-order valence-corrected chi connectivity index (χ4v) is 3.20. The van der Waals surface area contributed by atoms with Crippen molar-refractivity contribution in [3.8, 4) is 5.75 Å². The average Bonchev–Trinajstić information content (AvgIpc) is 2.69. The molecule has 27 heavy (non-hydrogen) atoms. The maximum atomic E-state index is 13.8. The zero-order valence-electron chi connectivity index (χ0n) is 16.9. The van der Waals surface area contributed by atoms with Crippen molar-refractivity contribution in [2.75, 3.05) is 47.4 Å². The van der Waals surface area contributed by atoms with Crippen molar-refractivity contribution in [2.24, 2.45) is 4.99 Å². The van der Waals surface area contributed by atoms with Gasteiger partial charge in [0.15, 0.2) is 17.5 Å². The molecule has 1 aromatic rings. The van der Waals surface area contributed by atoms with Gasteiger partial charge in [0.1, 0.15) is 6.10 Å². The first kappa shape index (κ1) is 21.4. The summed E-state index contributed by atoms with van der Waals surface area (Å²) in [6.45, 7) is 4.91. The Morgan fingerprint density at radius 1 is 1.30 bits per heavy atom. The summed E-state index contributed by atoms with van der Waals surface area (Å²) in [5, 5.41) is 6.73. The van der Waals surface area contributed by atoms with Crippen LogP contribution in [0.2, 0.25) is 0 Å². The highest BCUT2D eigenvalue weighted by molar-refractivity contribution is 5.79. The van der Waals surface area contributed by atoms with Crippen molar-refractivity contribution in [3.05, 3.63) is 30.1 Å². The van der Waals surface area contributed by atoms with Crippen molar-refractivity contribution in [1.29, 1.82) is 0 Å². The highest BCUT2D eigenvalue weighted by Gasteiger charge is 2.34. The Morgan fingerprint density at radius 3 is 2.59 bits per heavy atom. The molecule has 2 rings (SSSR count). The minimum atomic E-state index is -0.342. The number of rotatable bonds is 8. The third kappa shape index (κ3) is 6.07. The summed E-state index contributed by atoms with van der Waals surface area (Å²) in [7, 11) is 5.97. The van der Waals surface area contributed by atoms with Crippen molar-refractivity contribution in [2.45, 2.75) is 37.8 Å². The molecule has 6 nitrogen and oxygen atoms in total. The molecule has 0 aromatic heterocycles. The fourth-order valence-electron chi connectivity index (χ4n) is 3.20. The summed E-state index contributed by atoms with van der Waals surface area (Å²) in [4.78, 5) is 6.58. The Kier molecular flexibility index (Phi) is 8.31. The molecule has 0 spiro atoms. The van der Waals surface area contributed by atoms with Crippen LogP contribution < -0.4 is 15.4 Å². The van der Waals surface area contributed by atoms with E-state index >= 15 is 0 Å². The third-order valence-electron chi connectivity index (χ3n) is 5.26. The van der Waals surface area contributed by atoms with Crippen molar-refractivity contribution in [1.82, 2.24) is 15.5 Å². The first-order valence-corrected chi connectivity index (χ1v) is 9.61. The molecule has 1 heterocycles. The van der Waals surface area contributed by atoms with Gasteiger partial charge in [-0.3, -0.25) is 4.99 Å². The number of ether oxygens (including phenoxy) is 2. The zero-order valence-corrected chi connectivity index (χ0v) is 16.9. The van der Waals surface area contributed by atoms with Gasteiger partial charge >= 0.3 is 0 Å². The van der Waals surface area contributed by atoms with E-state index in [1.807, 2.05) is 6.92 Å². The first-order chi connectivity index (χ1) is 13.0. The second-order valence-electron chi connectivity index (χ2n) is 7.12. The van der Waals surface area contributed by atoms with Crippen molar-refractivity contribution >= 4 is 5.96 Å². The molecule has 0 amide bonds. The molecule has 0 bridgehead atoms. The van der Waals surface area contributed by atoms with Crippen LogP contribution in [0.3, 0.4) is 0 Å². The molecule has 1 atom stereocenters. The third-order valence-corrected chi connectivity index (χ3v) is 5.26. The molecular weight excluding hydrogens is 347 g/mol. The van der Waals surface area contributed by atoms with Crippen LogP contribution in [0.5, 0.6) is 5.75 Å². The molecule has 152 valence electrons. The zero-order chi connectivity index (χ0) is 19.7. The quantitative estimate of drug-likeness (QED) is 0.535. The predicted octanol–water partition coefficient (Wildman–Crippen LogP) is 2.26. The number of benzene rings is 1. The summed E-state index contributed by atoms with van der Waals surface area (Å²) in [6, 6.07) is 6.49. The van der Waals surface area contributed by atoms with Gasteiger partial charge in [0, 0.05) is 32.3 Å². The van der Waals surface area contributed by atoms with Crippen LogP contribution in [0.25, 0.3) is 0 Å². The maximum Gasteiger partial charge on any atom is 0.191 e. The van der Waals surface area contributed by atoms with Gasteiger partial charge in [-0.25, -0.2) is 4.39 Å². The van der Waals surface area contributed by atoms with Gasteiger partial charge in [-0.2, -0.15) is 0 Å². The van der Waals surface area contributed by atoms with E-state index in [0.717, 1.165) is 45.0 Å². The van der Waals surface area contributed by atoms with Gasteiger partial charge in [-0.1, -0.05) is 19.1 Å². The van der Waals surface area contributed by atoms with E-state index in [1.54, 1.807) is 25.2 Å². The minimum absolute atomic E-state index is 0.0592. The molecule has 1 fully saturated rings. The van der Waals surface area contributed by atoms with E-state index in [2.05, 4.69) is 34.6 Å². The molecule has 0 radical (unpaired) electrons. The van der Waals surface area contributed by atoms with Crippen LogP contribution in [0.4, 0.5) is 4.39 Å². The summed E-state index contributed by atoms with van der Waals surface area (Å²) in [5.41, 5.74) is 0.0592. The molecule has 0 saturated carbocycles. The average molecular weight is 381 g/mol. The Bertz CT molecular complexity index is 603. The summed E-state index contributed by atoms with van der Waals surface area (Å²) in [5.74, 6) is 0.659. The van der Waals surface area contributed by atoms with Crippen LogP contribution in [-0.2, 0) is 4.74 Å². The lowest BCUT2D eigenvalue weighted by molar-refractivity contribution is -0.00502. The molecular formula is C20H33FN4O2. The van der Waals surface area contributed by atoms with Gasteiger partial charge in [-0.05, 0) is 45.5 Å². The molecule has 1 aliphatic heterocycles. The Balaban J connectivity index is 1.87. The number of nitrogens with zero attached hydrogens (tertiary/aromatic N) is 2. The fraction of sp³-hybridized carbons (Fsp3) is 0.650. The van der Waals surface area contributed by atoms with Crippen LogP contribution in [0.1, 0.15) is 26.2 Å². The van der Waals surface area contributed by atoms with E-state index in [1.165, 1.54) is 6.07 Å². The molecule has 1 unspecified atom stereocenters. The van der Waals surface area contributed by atoms with E-state index < -0.39 is 0 Å². The normalized spacial score (nSPS) is 18.2. The van der Waals surface area contributed by atoms with Crippen molar-refractivity contribution < 1.29 is 13.9 Å². The Morgan fingerprint density at radius 2 is 2.00 bits per heavy atom. The summed E-state index contributed by atoms with van der Waals surface area (Å²) >= 11 is 0. The van der Waals surface area contributed by atoms with Crippen LogP contribution in [0, 0.1) is 5.82 Å². The number of hydrogen-bond donors (Lipinski definition) is 2. The van der Waals surface area contributed by atoms with E-state index in [9.17, 15) is 4.39 Å². The number of para-hydroxylation sites is 1. The Hall–Kier alpha value is -1.86. The number of halogens is 1. The van der Waals surface area contributed by atoms with E-state index in [-0.39, 0.29) is 23.2 Å². The number of likely N-dealkylation sites (N-methyl/N-ethyl adjacent to an activating group) is 1. The smallest absolute Gasteiger partial charge is 0.191 e. The highest BCUT2D eigenvalue weighted by Crippen LogP contribution is 2.25. The molecule has 7 heteroatoms. The van der Waals surface area contributed by atoms with Crippen molar-refractivity contribution in [3.63, 3.8) is 0 Å². The monoisotopic (exact) mass is 380 g/mol. The SMILES string of the molecule is CCC(CNC(=NC)NCC1(N(C)C)CCOCC1)Oc1ccccc1F. The number of aliphatic imine (C=N–C) groups is 1. The summed E-state index contributed by atoms with van der Waals surface area (Å²) < 4.78 is 25.1. The van der Waals surface area contributed by atoms with Gasteiger partial charge in [0.05, 0.1) is 6.54 Å². The molecule has 1 aromatic carbocycles. The molecule has 0 aliphatic carbocycles. The highest BCUT2D eigenvalue weighted by atomic mass is 19.1. The first-order valence-electron chi connectivity index (χ1n) is 9.61. The van der Waals surface area contributed by atoms with E-state index in [4.69, 9.17) is 9.47 Å². The number of nitrogens with one attached hydrogen (secondary N) is 2. The Labute approximate surface area is 162 Å². The summed E-state index contributed by atoms with van der Waals surface area (Å²) in [6.07, 6.45) is 2.58. The lowest BCUT2D eigenvalue weighted by Crippen LogP contribution is -2.57. The predicted molar refractivity (Wildman–Crippen MR) is 107 cm³/mol. The molecule has 1 aliphatic rings. The maximum absolute atomic E-state index is 13.8. The van der Waals surface area contributed by atoms with Crippen LogP contribution in [0.15, 0.2) is 29.3 Å². The minimum Gasteiger partial charge on any atom is -0.486 e. The largest absolute Gasteiger partial charge is 0.486 e. The van der Waals surface area contributed by atoms with Gasteiger partial charge < -0.3 is 25.0 Å². The lowest BCUT2D eigenvalue weighted by Gasteiger charge is -2.43. The molecule has 1 saturated heterocycles. The van der Waals surface area contributed by atoms with Crippen LogP contribution in [-0.4, -0.2) is 69.9 Å². The second kappa shape index (κ2) is 10.5. The van der Waals surface area contributed by atoms with Crippen LogP contribution >= 0.6 is 0 Å². The van der Waals surface area contributed by atoms with E-state index in [0.29, 0.717) is 6.54 Å². The lowest BCUT2D eigenvalue weighted by atomic mass is 9.88. The topological polar surface area (TPSA) is 58.1 Å². The molecule has 2 N–H and O–H groups in total. The van der Waals surface area contributed by atoms with Gasteiger partial charge in [0.2, 0.25) is 0 Å². The second-order valence-corrected chi connectivity index (χ2v) is 7.12. The van der Waals surface area contributed by atoms with Gasteiger partial charge in [0.25, 0.3) is 0 Å².